The number of nitrogens with zero attached hydrogens (tertiary/aromatic N) is 3. The summed E-state index contributed by atoms with van der Waals surface area (Å²) in [6.45, 7) is 1.18. The van der Waals surface area contributed by atoms with Gasteiger partial charge in [-0.15, -0.1) is 11.3 Å². The number of carbonyl (C=O) groups is 1. The molecule has 0 aliphatic rings. The van der Waals surface area contributed by atoms with Crippen LogP contribution in [0.5, 0.6) is 0 Å². The average Bonchev–Trinajstić information content (AvgIpc) is 2.93. The number of carbonyl (C=O) groups excluding carboxylic acids is 1. The van der Waals surface area contributed by atoms with Crippen LogP contribution in [0.3, 0.4) is 0 Å². The molecule has 0 saturated heterocycles. The van der Waals surface area contributed by atoms with Gasteiger partial charge in [0.2, 0.25) is 5.95 Å². The average molecular weight is 293 g/mol. The summed E-state index contributed by atoms with van der Waals surface area (Å²) < 4.78 is 4.91. The van der Waals surface area contributed by atoms with Crippen LogP contribution in [0.25, 0.3) is 0 Å². The van der Waals surface area contributed by atoms with Crippen LogP contribution in [-0.2, 0) is 4.74 Å². The predicted molar refractivity (Wildman–Crippen MR) is 76.3 cm³/mol. The van der Waals surface area contributed by atoms with Crippen molar-refractivity contribution >= 4 is 28.3 Å². The third kappa shape index (κ3) is 4.25. The molecule has 106 valence electrons. The van der Waals surface area contributed by atoms with Gasteiger partial charge in [0.1, 0.15) is 5.69 Å². The van der Waals surface area contributed by atoms with Crippen molar-refractivity contribution in [2.45, 2.75) is 6.42 Å². The first-order chi connectivity index (χ1) is 9.79. The van der Waals surface area contributed by atoms with Crippen LogP contribution in [0, 0.1) is 0 Å². The number of hydrogen-bond acceptors (Lipinski definition) is 7. The Morgan fingerprint density at radius 2 is 2.20 bits per heavy atom. The number of nitrogens with one attached hydrogen (secondary N) is 2. The minimum Gasteiger partial charge on any atom is -0.385 e. The number of anilines is 2. The summed E-state index contributed by atoms with van der Waals surface area (Å²) in [7, 11) is 1.63. The normalized spacial score (nSPS) is 10.2. The second kappa shape index (κ2) is 7.51. The van der Waals surface area contributed by atoms with Crippen molar-refractivity contribution in [1.29, 1.82) is 0 Å². The van der Waals surface area contributed by atoms with Crippen molar-refractivity contribution < 1.29 is 9.53 Å². The van der Waals surface area contributed by atoms with Crippen molar-refractivity contribution in [2.24, 2.45) is 0 Å². The van der Waals surface area contributed by atoms with E-state index in [0.717, 1.165) is 6.42 Å². The molecule has 0 atom stereocenters. The largest absolute Gasteiger partial charge is 0.385 e. The number of thiazole rings is 1. The first-order valence-corrected chi connectivity index (χ1v) is 6.94. The van der Waals surface area contributed by atoms with Gasteiger partial charge >= 0.3 is 0 Å². The molecule has 2 rings (SSSR count). The van der Waals surface area contributed by atoms with Gasteiger partial charge in [-0.05, 0) is 12.5 Å². The minimum atomic E-state index is -0.195. The van der Waals surface area contributed by atoms with Crippen molar-refractivity contribution in [3.8, 4) is 0 Å². The molecule has 2 heterocycles. The number of rotatable bonds is 7. The van der Waals surface area contributed by atoms with Gasteiger partial charge in [-0.3, -0.25) is 4.79 Å². The second-order valence-electron chi connectivity index (χ2n) is 3.84. The highest BCUT2D eigenvalue weighted by molar-refractivity contribution is 7.14. The summed E-state index contributed by atoms with van der Waals surface area (Å²) in [5.41, 5.74) is 0.380. The highest BCUT2D eigenvalue weighted by atomic mass is 32.1. The van der Waals surface area contributed by atoms with Crippen LogP contribution >= 0.6 is 11.3 Å². The van der Waals surface area contributed by atoms with Crippen molar-refractivity contribution in [1.82, 2.24) is 20.3 Å². The quantitative estimate of drug-likeness (QED) is 0.751. The van der Waals surface area contributed by atoms with Gasteiger partial charge in [0.05, 0.1) is 0 Å². The smallest absolute Gasteiger partial charge is 0.270 e. The summed E-state index contributed by atoms with van der Waals surface area (Å²) in [6.07, 6.45) is 4.04. The lowest BCUT2D eigenvalue weighted by Crippen LogP contribution is -2.25. The second-order valence-corrected chi connectivity index (χ2v) is 4.70. The maximum Gasteiger partial charge on any atom is 0.270 e. The van der Waals surface area contributed by atoms with E-state index in [1.54, 1.807) is 30.9 Å². The van der Waals surface area contributed by atoms with Crippen molar-refractivity contribution in [3.05, 3.63) is 29.5 Å². The fraction of sp³-hybridized carbons (Fsp3) is 0.333. The fourth-order valence-corrected chi connectivity index (χ4v) is 2.09. The van der Waals surface area contributed by atoms with Gasteiger partial charge in [-0.1, -0.05) is 0 Å². The standard InChI is InChI=1S/C12H15N5O2S/c1-19-7-3-6-13-10(18)9-8-20-12(16-9)17-11-14-4-2-5-15-11/h2,4-5,8H,3,6-7H2,1H3,(H,13,18)(H,14,15,16,17). The van der Waals surface area contributed by atoms with Crippen molar-refractivity contribution in [2.75, 3.05) is 25.6 Å². The number of amides is 1. The molecule has 0 saturated carbocycles. The number of hydrogen-bond donors (Lipinski definition) is 2. The third-order valence-electron chi connectivity index (χ3n) is 2.33. The highest BCUT2D eigenvalue weighted by Gasteiger charge is 2.10. The molecule has 8 heteroatoms. The summed E-state index contributed by atoms with van der Waals surface area (Å²) in [5, 5.41) is 7.99. The van der Waals surface area contributed by atoms with E-state index in [9.17, 15) is 4.79 Å². The van der Waals surface area contributed by atoms with E-state index in [-0.39, 0.29) is 5.91 Å². The molecule has 2 aromatic heterocycles. The first kappa shape index (κ1) is 14.4. The van der Waals surface area contributed by atoms with Crippen LogP contribution in [-0.4, -0.2) is 41.1 Å². The van der Waals surface area contributed by atoms with Gasteiger partial charge in [-0.2, -0.15) is 0 Å². The van der Waals surface area contributed by atoms with E-state index in [4.69, 9.17) is 4.74 Å². The van der Waals surface area contributed by atoms with Crippen LogP contribution in [0.2, 0.25) is 0 Å². The predicted octanol–water partition coefficient (Wildman–Crippen LogP) is 1.44. The zero-order valence-electron chi connectivity index (χ0n) is 11.0. The van der Waals surface area contributed by atoms with Gasteiger partial charge < -0.3 is 15.4 Å². The molecule has 0 unspecified atom stereocenters. The molecule has 0 aliphatic heterocycles. The number of methoxy groups -OCH3 is 1. The summed E-state index contributed by atoms with van der Waals surface area (Å²) in [4.78, 5) is 24.1. The van der Waals surface area contributed by atoms with Gasteiger partial charge in [0, 0.05) is 38.0 Å². The fourth-order valence-electron chi connectivity index (χ4n) is 1.40. The zero-order chi connectivity index (χ0) is 14.2. The molecule has 0 spiro atoms. The maximum absolute atomic E-state index is 11.8. The van der Waals surface area contributed by atoms with Crippen LogP contribution in [0.4, 0.5) is 11.1 Å². The maximum atomic E-state index is 11.8. The molecule has 0 bridgehead atoms. The molecule has 2 aromatic rings. The molecular weight excluding hydrogens is 278 g/mol. The summed E-state index contributed by atoms with van der Waals surface area (Å²) >= 11 is 1.33. The lowest BCUT2D eigenvalue weighted by Gasteiger charge is -2.02. The molecule has 2 N–H and O–H groups in total. The Morgan fingerprint density at radius 1 is 1.40 bits per heavy atom. The Kier molecular flexibility index (Phi) is 5.39. The van der Waals surface area contributed by atoms with Gasteiger partial charge in [0.25, 0.3) is 5.91 Å². The van der Waals surface area contributed by atoms with E-state index < -0.39 is 0 Å². The van der Waals surface area contributed by atoms with E-state index >= 15 is 0 Å². The Hall–Kier alpha value is -2.06. The highest BCUT2D eigenvalue weighted by Crippen LogP contribution is 2.18. The Bertz CT molecular complexity index is 546. The monoisotopic (exact) mass is 293 g/mol. The molecule has 20 heavy (non-hydrogen) atoms. The summed E-state index contributed by atoms with van der Waals surface area (Å²) in [5.74, 6) is 0.258. The molecule has 0 aliphatic carbocycles. The molecule has 0 fully saturated rings. The minimum absolute atomic E-state index is 0.195. The number of aromatic nitrogens is 3. The lowest BCUT2D eigenvalue weighted by molar-refractivity contribution is 0.0944. The Balaban J connectivity index is 1.87. The molecule has 0 radical (unpaired) electrons. The Labute approximate surface area is 120 Å². The summed E-state index contributed by atoms with van der Waals surface area (Å²) in [6, 6.07) is 1.73. The SMILES string of the molecule is COCCCNC(=O)c1csc(Nc2ncccn2)n1. The van der Waals surface area contributed by atoms with E-state index in [1.807, 2.05) is 0 Å². The van der Waals surface area contributed by atoms with Crippen LogP contribution in [0.1, 0.15) is 16.9 Å². The van der Waals surface area contributed by atoms with E-state index in [2.05, 4.69) is 25.6 Å². The first-order valence-electron chi connectivity index (χ1n) is 6.06. The zero-order valence-corrected chi connectivity index (χ0v) is 11.8. The molecule has 1 amide bonds. The molecule has 7 nitrogen and oxygen atoms in total. The van der Waals surface area contributed by atoms with Gasteiger partial charge in [0.15, 0.2) is 5.13 Å². The topological polar surface area (TPSA) is 89.0 Å². The number of ether oxygens (including phenoxy) is 1. The van der Waals surface area contributed by atoms with E-state index in [1.165, 1.54) is 11.3 Å². The van der Waals surface area contributed by atoms with Crippen LogP contribution in [0.15, 0.2) is 23.8 Å². The third-order valence-corrected chi connectivity index (χ3v) is 3.09. The van der Waals surface area contributed by atoms with E-state index in [0.29, 0.717) is 29.9 Å². The lowest BCUT2D eigenvalue weighted by atomic mass is 10.4. The van der Waals surface area contributed by atoms with Gasteiger partial charge in [-0.25, -0.2) is 15.0 Å². The van der Waals surface area contributed by atoms with Crippen LogP contribution < -0.4 is 10.6 Å². The van der Waals surface area contributed by atoms with Crippen molar-refractivity contribution in [3.63, 3.8) is 0 Å². The Morgan fingerprint density at radius 3 is 2.95 bits per heavy atom. The molecular formula is C12H15N5O2S. The molecule has 0 aromatic carbocycles.